The van der Waals surface area contributed by atoms with Gasteiger partial charge in [0, 0.05) is 15.7 Å². The summed E-state index contributed by atoms with van der Waals surface area (Å²) in [7, 11) is 0. The highest BCUT2D eigenvalue weighted by molar-refractivity contribution is 9.10. The predicted molar refractivity (Wildman–Crippen MR) is 98.0 cm³/mol. The molecular formula is C19H25BrN2O. The van der Waals surface area contributed by atoms with E-state index in [0.717, 1.165) is 22.3 Å². The first-order valence-corrected chi connectivity index (χ1v) is 9.19. The number of halogens is 1. The van der Waals surface area contributed by atoms with Gasteiger partial charge < -0.3 is 0 Å². The van der Waals surface area contributed by atoms with Gasteiger partial charge in [0.1, 0.15) is 0 Å². The van der Waals surface area contributed by atoms with E-state index in [1.807, 2.05) is 38.1 Å². The molecule has 3 nitrogen and oxygen atoms in total. The van der Waals surface area contributed by atoms with Gasteiger partial charge in [-0.05, 0) is 50.5 Å². The molecule has 0 unspecified atom stereocenters. The first-order valence-electron chi connectivity index (χ1n) is 8.40. The Balaban J connectivity index is 2.12. The van der Waals surface area contributed by atoms with E-state index >= 15 is 0 Å². The van der Waals surface area contributed by atoms with Crippen LogP contribution < -0.4 is 0 Å². The lowest BCUT2D eigenvalue weighted by atomic mass is 10.0. The fourth-order valence-electron chi connectivity index (χ4n) is 2.88. The highest BCUT2D eigenvalue weighted by Crippen LogP contribution is 2.19. The van der Waals surface area contributed by atoms with Gasteiger partial charge in [0.15, 0.2) is 0 Å². The van der Waals surface area contributed by atoms with Crippen molar-refractivity contribution in [3.05, 3.63) is 51.3 Å². The largest absolute Gasteiger partial charge is 0.278 e. The Morgan fingerprint density at radius 2 is 1.91 bits per heavy atom. The number of nitrogens with zero attached hydrogens (tertiary/aromatic N) is 2. The zero-order valence-corrected chi connectivity index (χ0v) is 15.8. The molecule has 0 aliphatic rings. The minimum Gasteiger partial charge on any atom is -0.267 e. The van der Waals surface area contributed by atoms with Crippen LogP contribution in [0.1, 0.15) is 66.3 Å². The van der Waals surface area contributed by atoms with E-state index < -0.39 is 0 Å². The number of benzene rings is 1. The van der Waals surface area contributed by atoms with Gasteiger partial charge in [-0.2, -0.15) is 5.10 Å². The van der Waals surface area contributed by atoms with Crippen molar-refractivity contribution in [1.29, 1.82) is 0 Å². The molecule has 4 heteroatoms. The van der Waals surface area contributed by atoms with Crippen molar-refractivity contribution in [3.63, 3.8) is 0 Å². The van der Waals surface area contributed by atoms with E-state index in [9.17, 15) is 4.79 Å². The quantitative estimate of drug-likeness (QED) is 0.600. The molecule has 0 saturated heterocycles. The summed E-state index contributed by atoms with van der Waals surface area (Å²) in [4.78, 5) is 12.7. The topological polar surface area (TPSA) is 34.9 Å². The summed E-state index contributed by atoms with van der Waals surface area (Å²) < 4.78 is 2.46. The summed E-state index contributed by atoms with van der Waals surface area (Å²) in [6, 6.07) is 7.45. The van der Waals surface area contributed by atoms with Gasteiger partial charge >= 0.3 is 0 Å². The molecule has 23 heavy (non-hydrogen) atoms. The van der Waals surface area contributed by atoms with Crippen molar-refractivity contribution in [2.24, 2.45) is 0 Å². The van der Waals surface area contributed by atoms with E-state index in [1.165, 1.54) is 37.7 Å². The maximum absolute atomic E-state index is 12.7. The van der Waals surface area contributed by atoms with E-state index in [1.54, 1.807) is 4.68 Å². The number of carbonyl (C=O) groups excluding carboxylic acids is 1. The second kappa shape index (κ2) is 8.44. The summed E-state index contributed by atoms with van der Waals surface area (Å²) in [6.45, 7) is 6.22. The monoisotopic (exact) mass is 376 g/mol. The van der Waals surface area contributed by atoms with Crippen molar-refractivity contribution >= 4 is 21.8 Å². The van der Waals surface area contributed by atoms with Crippen LogP contribution in [0.2, 0.25) is 0 Å². The molecule has 1 aromatic carbocycles. The van der Waals surface area contributed by atoms with Gasteiger partial charge in [-0.1, -0.05) is 54.6 Å². The Morgan fingerprint density at radius 1 is 1.17 bits per heavy atom. The zero-order chi connectivity index (χ0) is 16.8. The van der Waals surface area contributed by atoms with Crippen LogP contribution in [0.15, 0.2) is 28.7 Å². The first-order chi connectivity index (χ1) is 11.0. The molecule has 0 fully saturated rings. The molecule has 2 rings (SSSR count). The summed E-state index contributed by atoms with van der Waals surface area (Å²) in [5.74, 6) is -0.0656. The van der Waals surface area contributed by atoms with Crippen LogP contribution in [0.5, 0.6) is 0 Å². The Hall–Kier alpha value is -1.42. The van der Waals surface area contributed by atoms with E-state index in [2.05, 4.69) is 28.0 Å². The Labute approximate surface area is 147 Å². The maximum atomic E-state index is 12.7. The molecule has 2 aromatic rings. The number of rotatable bonds is 7. The SMILES string of the molecule is CCCCCCCc1c(C)nn(C(=O)c2cccc(Br)c2)c1C. The third kappa shape index (κ3) is 4.54. The number of hydrogen-bond donors (Lipinski definition) is 0. The lowest BCUT2D eigenvalue weighted by Crippen LogP contribution is -2.15. The highest BCUT2D eigenvalue weighted by atomic mass is 79.9. The average molecular weight is 377 g/mol. The standard InChI is InChI=1S/C19H25BrN2O/c1-4-5-6-7-8-12-18-14(2)21-22(15(18)3)19(23)16-10-9-11-17(20)13-16/h9-11,13H,4-8,12H2,1-3H3. The van der Waals surface area contributed by atoms with Crippen LogP contribution in [-0.4, -0.2) is 15.7 Å². The molecule has 0 spiro atoms. The van der Waals surface area contributed by atoms with Gasteiger partial charge in [0.05, 0.1) is 5.69 Å². The minimum atomic E-state index is -0.0656. The molecule has 0 aliphatic carbocycles. The van der Waals surface area contributed by atoms with E-state index in [4.69, 9.17) is 0 Å². The normalized spacial score (nSPS) is 11.0. The van der Waals surface area contributed by atoms with Crippen molar-refractivity contribution < 1.29 is 4.79 Å². The molecular weight excluding hydrogens is 352 g/mol. The Bertz CT molecular complexity index is 676. The van der Waals surface area contributed by atoms with Crippen molar-refractivity contribution in [2.45, 2.75) is 59.3 Å². The van der Waals surface area contributed by atoms with Crippen LogP contribution >= 0.6 is 15.9 Å². The van der Waals surface area contributed by atoms with Crippen molar-refractivity contribution in [2.75, 3.05) is 0 Å². The number of carbonyl (C=O) groups is 1. The molecule has 0 atom stereocenters. The van der Waals surface area contributed by atoms with Crippen molar-refractivity contribution in [3.8, 4) is 0 Å². The van der Waals surface area contributed by atoms with Crippen LogP contribution in [0.3, 0.4) is 0 Å². The molecule has 0 radical (unpaired) electrons. The molecule has 124 valence electrons. The number of hydrogen-bond acceptors (Lipinski definition) is 2. The van der Waals surface area contributed by atoms with Gasteiger partial charge in [-0.3, -0.25) is 4.79 Å². The van der Waals surface area contributed by atoms with Crippen LogP contribution in [0.4, 0.5) is 0 Å². The molecule has 0 aliphatic heterocycles. The average Bonchev–Trinajstić information content (AvgIpc) is 2.81. The molecule has 0 bridgehead atoms. The predicted octanol–water partition coefficient (Wildman–Crippen LogP) is 5.46. The van der Waals surface area contributed by atoms with E-state index in [0.29, 0.717) is 5.56 Å². The third-order valence-corrected chi connectivity index (χ3v) is 4.73. The fraction of sp³-hybridized carbons (Fsp3) is 0.474. The number of unbranched alkanes of at least 4 members (excludes halogenated alkanes) is 4. The Kier molecular flexibility index (Phi) is 6.58. The zero-order valence-electron chi connectivity index (χ0n) is 14.2. The van der Waals surface area contributed by atoms with Crippen LogP contribution in [0.25, 0.3) is 0 Å². The summed E-state index contributed by atoms with van der Waals surface area (Å²) in [5.41, 5.74) is 3.83. The first kappa shape index (κ1) is 17.9. The summed E-state index contributed by atoms with van der Waals surface area (Å²) in [6.07, 6.45) is 7.28. The smallest absolute Gasteiger partial charge is 0.267 e. The number of aromatic nitrogens is 2. The molecule has 0 saturated carbocycles. The lowest BCUT2D eigenvalue weighted by Gasteiger charge is -2.05. The fourth-order valence-corrected chi connectivity index (χ4v) is 3.28. The van der Waals surface area contributed by atoms with Gasteiger partial charge in [-0.15, -0.1) is 0 Å². The van der Waals surface area contributed by atoms with Gasteiger partial charge in [0.25, 0.3) is 5.91 Å². The second-order valence-corrected chi connectivity index (χ2v) is 6.96. The van der Waals surface area contributed by atoms with Gasteiger partial charge in [0.2, 0.25) is 0 Å². The second-order valence-electron chi connectivity index (χ2n) is 6.04. The lowest BCUT2D eigenvalue weighted by molar-refractivity contribution is 0.0942. The minimum absolute atomic E-state index is 0.0656. The van der Waals surface area contributed by atoms with Gasteiger partial charge in [-0.25, -0.2) is 4.68 Å². The van der Waals surface area contributed by atoms with Crippen LogP contribution in [-0.2, 0) is 6.42 Å². The van der Waals surface area contributed by atoms with E-state index in [-0.39, 0.29) is 5.91 Å². The summed E-state index contributed by atoms with van der Waals surface area (Å²) >= 11 is 3.41. The molecule has 0 amide bonds. The number of aryl methyl sites for hydroxylation is 1. The van der Waals surface area contributed by atoms with Crippen LogP contribution in [0, 0.1) is 13.8 Å². The molecule has 0 N–H and O–H groups in total. The Morgan fingerprint density at radius 3 is 2.61 bits per heavy atom. The highest BCUT2D eigenvalue weighted by Gasteiger charge is 2.17. The summed E-state index contributed by atoms with van der Waals surface area (Å²) in [5, 5.41) is 4.48. The molecule has 1 aromatic heterocycles. The maximum Gasteiger partial charge on any atom is 0.278 e. The third-order valence-electron chi connectivity index (χ3n) is 4.24. The van der Waals surface area contributed by atoms with Crippen molar-refractivity contribution in [1.82, 2.24) is 9.78 Å². The molecule has 1 heterocycles.